The number of aromatic nitrogens is 4. The van der Waals surface area contributed by atoms with Crippen LogP contribution in [0, 0.1) is 5.92 Å². The number of fused-ring (bicyclic) bond motifs is 6. The number of nitrogen functional groups attached to an aromatic ring is 1. The van der Waals surface area contributed by atoms with Gasteiger partial charge in [0.05, 0.1) is 52.1 Å². The second kappa shape index (κ2) is 16.0. The van der Waals surface area contributed by atoms with Gasteiger partial charge in [0.15, 0.2) is 0 Å². The third-order valence-electron chi connectivity index (χ3n) is 11.9. The smallest absolute Gasteiger partial charge is 0.415 e. The minimum atomic E-state index is -0.468. The van der Waals surface area contributed by atoms with E-state index in [1.807, 2.05) is 56.3 Å². The van der Waals surface area contributed by atoms with Crippen molar-refractivity contribution in [2.75, 3.05) is 32.0 Å². The number of carbonyl (C=O) groups excluding carboxylic acids is 3. The number of amides is 2. The van der Waals surface area contributed by atoms with Crippen LogP contribution in [-0.2, 0) is 29.1 Å². The maximum Gasteiger partial charge on any atom is 0.415 e. The van der Waals surface area contributed by atoms with Gasteiger partial charge in [-0.05, 0) is 98.5 Å². The molecular weight excluding hydrogens is 783 g/mol. The normalized spacial score (nSPS) is 16.0. The predicted molar refractivity (Wildman–Crippen MR) is 228 cm³/mol. The van der Waals surface area contributed by atoms with Gasteiger partial charge in [-0.25, -0.2) is 19.7 Å². The summed E-state index contributed by atoms with van der Waals surface area (Å²) < 4.78 is 19.2. The highest BCUT2D eigenvalue weighted by Crippen LogP contribution is 2.40. The third kappa shape index (κ3) is 7.10. The molecule has 7 heterocycles. The van der Waals surface area contributed by atoms with Gasteiger partial charge in [0.2, 0.25) is 5.95 Å². The minimum absolute atomic E-state index is 0.0144. The number of likely N-dealkylation sites (tertiary alicyclic amines) is 1. The number of cyclic esters (lactones) is 1. The maximum absolute atomic E-state index is 13.7. The average molecular weight is 828 g/mol. The zero-order chi connectivity index (χ0) is 41.7. The molecule has 14 nitrogen and oxygen atoms in total. The number of pyridine rings is 2. The van der Waals surface area contributed by atoms with E-state index in [0.717, 1.165) is 69.2 Å². The van der Waals surface area contributed by atoms with Gasteiger partial charge in [-0.15, -0.1) is 11.3 Å². The molecule has 2 amide bonds. The molecule has 0 bridgehead atoms. The van der Waals surface area contributed by atoms with Crippen molar-refractivity contribution in [2.24, 2.45) is 5.92 Å². The molecule has 0 radical (unpaired) electrons. The van der Waals surface area contributed by atoms with Crippen LogP contribution in [0.25, 0.3) is 43.8 Å². The molecule has 0 aliphatic carbocycles. The summed E-state index contributed by atoms with van der Waals surface area (Å²) in [6, 6.07) is 16.9. The molecule has 0 saturated carbocycles. The first-order valence-electron chi connectivity index (χ1n) is 20.6. The van der Waals surface area contributed by atoms with E-state index in [0.29, 0.717) is 84.0 Å². The van der Waals surface area contributed by atoms with Crippen molar-refractivity contribution in [2.45, 2.75) is 71.9 Å². The molecule has 2 aromatic carbocycles. The number of anilines is 1. The molecule has 4 aromatic heterocycles. The Morgan fingerprint density at radius 1 is 0.950 bits per heavy atom. The molecule has 3 aliphatic heterocycles. The summed E-state index contributed by atoms with van der Waals surface area (Å²) in [5.74, 6) is 0.751. The lowest BCUT2D eigenvalue weighted by atomic mass is 9.90. The fourth-order valence-corrected chi connectivity index (χ4v) is 9.75. The van der Waals surface area contributed by atoms with E-state index in [-0.39, 0.29) is 36.1 Å². The van der Waals surface area contributed by atoms with Crippen LogP contribution in [-0.4, -0.2) is 68.6 Å². The minimum Gasteiger partial charge on any atom is -0.494 e. The van der Waals surface area contributed by atoms with E-state index >= 15 is 0 Å². The van der Waals surface area contributed by atoms with Crippen molar-refractivity contribution in [3.63, 3.8) is 0 Å². The molecule has 0 spiro atoms. The fraction of sp³-hybridized carbons (Fsp3) is 0.356. The van der Waals surface area contributed by atoms with Crippen molar-refractivity contribution in [3.05, 3.63) is 92.1 Å². The summed E-state index contributed by atoms with van der Waals surface area (Å²) >= 11 is 1.28. The molecule has 1 fully saturated rings. The van der Waals surface area contributed by atoms with Crippen LogP contribution in [0.1, 0.15) is 84.3 Å². The Hall–Kier alpha value is -6.35. The highest BCUT2D eigenvalue weighted by Gasteiger charge is 2.35. The summed E-state index contributed by atoms with van der Waals surface area (Å²) in [4.78, 5) is 69.0. The van der Waals surface area contributed by atoms with Gasteiger partial charge < -0.3 is 34.7 Å². The molecule has 3 aliphatic rings. The van der Waals surface area contributed by atoms with Crippen molar-refractivity contribution >= 4 is 56.4 Å². The van der Waals surface area contributed by atoms with Gasteiger partial charge in [0.25, 0.3) is 11.5 Å². The molecule has 308 valence electrons. The lowest BCUT2D eigenvalue weighted by molar-refractivity contribution is -0.148. The molecule has 1 unspecified atom stereocenters. The first-order valence-corrected chi connectivity index (χ1v) is 21.4. The van der Waals surface area contributed by atoms with Crippen LogP contribution in [0.5, 0.6) is 11.5 Å². The Bertz CT molecular complexity index is 2770. The number of hydrogen-bond acceptors (Lipinski definition) is 12. The molecule has 15 heteroatoms. The van der Waals surface area contributed by atoms with Crippen molar-refractivity contribution in [1.82, 2.24) is 29.7 Å². The van der Waals surface area contributed by atoms with E-state index in [9.17, 15) is 19.2 Å². The maximum atomic E-state index is 13.7. The monoisotopic (exact) mass is 827 g/mol. The molecular formula is C45H45N7O7S. The lowest BCUT2D eigenvalue weighted by Crippen LogP contribution is -2.40. The van der Waals surface area contributed by atoms with Gasteiger partial charge in [0, 0.05) is 41.5 Å². The molecule has 6 aromatic rings. The summed E-state index contributed by atoms with van der Waals surface area (Å²) in [5, 5.41) is 4.47. The SMILES string of the molecule is CCNC(=O)c1cc2c(-c3cccc(OCCC4CCN(C(=O)Oc5ccc6nc7c(c(CC)c6c5)Cn5c-7cc6c(c5=O)COC(=O)C6CC)CC4)c3)nc(N)nc2s1. The summed E-state index contributed by atoms with van der Waals surface area (Å²) in [6.07, 6.45) is 3.36. The van der Waals surface area contributed by atoms with E-state index in [2.05, 4.69) is 22.2 Å². The number of nitrogens with zero attached hydrogens (tertiary/aromatic N) is 5. The number of ether oxygens (including phenoxy) is 3. The van der Waals surface area contributed by atoms with Crippen molar-refractivity contribution in [3.8, 4) is 34.1 Å². The van der Waals surface area contributed by atoms with Crippen LogP contribution in [0.2, 0.25) is 0 Å². The Morgan fingerprint density at radius 3 is 2.57 bits per heavy atom. The quantitative estimate of drug-likeness (QED) is 0.133. The zero-order valence-electron chi connectivity index (χ0n) is 33.7. The largest absolute Gasteiger partial charge is 0.494 e. The predicted octanol–water partition coefficient (Wildman–Crippen LogP) is 7.22. The number of piperidine rings is 1. The average Bonchev–Trinajstić information content (AvgIpc) is 3.85. The first-order chi connectivity index (χ1) is 29.1. The summed E-state index contributed by atoms with van der Waals surface area (Å²) in [7, 11) is 0. The Labute approximate surface area is 349 Å². The number of hydrogen-bond donors (Lipinski definition) is 2. The number of nitrogens with two attached hydrogens (primary N) is 1. The van der Waals surface area contributed by atoms with E-state index in [1.54, 1.807) is 21.6 Å². The molecule has 3 N–H and O–H groups in total. The second-order valence-electron chi connectivity index (χ2n) is 15.5. The zero-order valence-corrected chi connectivity index (χ0v) is 34.5. The van der Waals surface area contributed by atoms with E-state index in [4.69, 9.17) is 24.9 Å². The van der Waals surface area contributed by atoms with Gasteiger partial charge in [-0.2, -0.15) is 0 Å². The molecule has 60 heavy (non-hydrogen) atoms. The Balaban J connectivity index is 0.824. The van der Waals surface area contributed by atoms with Gasteiger partial charge >= 0.3 is 12.1 Å². The topological polar surface area (TPSA) is 181 Å². The standard InChI is InChI=1S/C45H45N7O7S/c1-4-28-31-19-27(10-11-35(31)48-39-33(28)22-52-36(39)20-30-29(5-2)43(55)58-23-34(30)42(52)54)59-45(56)51-15-12-24(13-16-51)14-17-57-26-9-7-8-25(18-26)38-32-21-37(40(53)47-6-3)60-41(32)50-44(46)49-38/h7-11,18-21,24,29H,4-6,12-17,22-23H2,1-3H3,(H,47,53)(H2,46,49,50). The van der Waals surface area contributed by atoms with E-state index < -0.39 is 5.92 Å². The number of carbonyl (C=O) groups is 3. The molecule has 9 rings (SSSR count). The van der Waals surface area contributed by atoms with Crippen LogP contribution < -0.4 is 26.1 Å². The van der Waals surface area contributed by atoms with Gasteiger partial charge in [-0.1, -0.05) is 26.0 Å². The van der Waals surface area contributed by atoms with Crippen LogP contribution >= 0.6 is 11.3 Å². The van der Waals surface area contributed by atoms with Crippen LogP contribution in [0.15, 0.2) is 59.4 Å². The number of rotatable bonds is 10. The Morgan fingerprint density at radius 2 is 1.78 bits per heavy atom. The first kappa shape index (κ1) is 39.1. The van der Waals surface area contributed by atoms with Gasteiger partial charge in [0.1, 0.15) is 22.9 Å². The molecule has 1 saturated heterocycles. The highest BCUT2D eigenvalue weighted by molar-refractivity contribution is 7.20. The van der Waals surface area contributed by atoms with Crippen molar-refractivity contribution < 1.29 is 28.6 Å². The van der Waals surface area contributed by atoms with E-state index in [1.165, 1.54) is 11.3 Å². The number of thiophene rings is 1. The third-order valence-corrected chi connectivity index (χ3v) is 12.9. The Kier molecular flexibility index (Phi) is 10.4. The van der Waals surface area contributed by atoms with Crippen molar-refractivity contribution in [1.29, 1.82) is 0 Å². The summed E-state index contributed by atoms with van der Waals surface area (Å²) in [6.45, 7) is 8.44. The fourth-order valence-electron chi connectivity index (χ4n) is 8.79. The number of esters is 1. The number of benzene rings is 2. The van der Waals surface area contributed by atoms with Crippen LogP contribution in [0.4, 0.5) is 10.7 Å². The summed E-state index contributed by atoms with van der Waals surface area (Å²) in [5.41, 5.74) is 12.9. The number of aryl methyl sites for hydroxylation is 1. The number of nitrogens with one attached hydrogen (secondary N) is 1. The highest BCUT2D eigenvalue weighted by atomic mass is 32.1. The lowest BCUT2D eigenvalue weighted by Gasteiger charge is -2.31. The molecule has 1 atom stereocenters. The van der Waals surface area contributed by atoms with Crippen LogP contribution in [0.3, 0.4) is 0 Å². The second-order valence-corrected chi connectivity index (χ2v) is 16.5. The van der Waals surface area contributed by atoms with Gasteiger partial charge in [-0.3, -0.25) is 14.4 Å².